The summed E-state index contributed by atoms with van der Waals surface area (Å²) >= 11 is 16.5. The van der Waals surface area contributed by atoms with Gasteiger partial charge in [0.15, 0.2) is 6.17 Å². The maximum absolute atomic E-state index is 12.4. The zero-order valence-corrected chi connectivity index (χ0v) is 17.2. The molecule has 4 rings (SSSR count). The summed E-state index contributed by atoms with van der Waals surface area (Å²) in [5.74, 6) is 0.559. The van der Waals surface area contributed by atoms with Crippen molar-refractivity contribution >= 4 is 47.4 Å². The molecule has 0 aliphatic carbocycles. The molecule has 0 bridgehead atoms. The van der Waals surface area contributed by atoms with Crippen LogP contribution < -0.4 is 10.2 Å². The average Bonchev–Trinajstić information content (AvgIpc) is 3.19. The molecule has 0 saturated heterocycles. The van der Waals surface area contributed by atoms with E-state index in [0.717, 1.165) is 5.56 Å². The predicted octanol–water partition coefficient (Wildman–Crippen LogP) is 5.55. The van der Waals surface area contributed by atoms with Gasteiger partial charge >= 0.3 is 0 Å². The quantitative estimate of drug-likeness (QED) is 0.522. The lowest BCUT2D eigenvalue weighted by Crippen LogP contribution is -2.45. The number of nitriles is 1. The molecule has 5 nitrogen and oxygen atoms in total. The molecule has 1 atom stereocenters. The summed E-state index contributed by atoms with van der Waals surface area (Å²) < 4.78 is 6.02. The van der Waals surface area contributed by atoms with Gasteiger partial charge < -0.3 is 14.6 Å². The first kappa shape index (κ1) is 19.5. The molecule has 1 aromatic heterocycles. The number of benzene rings is 2. The Balaban J connectivity index is 1.79. The van der Waals surface area contributed by atoms with Gasteiger partial charge in [-0.15, -0.1) is 12.6 Å². The Labute approximate surface area is 182 Å². The minimum atomic E-state index is -0.693. The zero-order chi connectivity index (χ0) is 20.5. The van der Waals surface area contributed by atoms with Crippen molar-refractivity contribution in [3.8, 4) is 17.4 Å². The van der Waals surface area contributed by atoms with Crippen molar-refractivity contribution < 1.29 is 9.21 Å². The van der Waals surface area contributed by atoms with Crippen LogP contribution in [0, 0.1) is 11.3 Å². The van der Waals surface area contributed by atoms with Crippen molar-refractivity contribution in [2.45, 2.75) is 6.17 Å². The van der Waals surface area contributed by atoms with Crippen molar-refractivity contribution in [1.82, 2.24) is 5.32 Å². The highest BCUT2D eigenvalue weighted by atomic mass is 35.5. The lowest BCUT2D eigenvalue weighted by Gasteiger charge is -2.36. The van der Waals surface area contributed by atoms with Crippen LogP contribution in [0.3, 0.4) is 0 Å². The molecule has 144 valence electrons. The number of hydrogen-bond donors (Lipinski definition) is 2. The molecule has 1 N–H and O–H groups in total. The maximum atomic E-state index is 12.4. The highest BCUT2D eigenvalue weighted by Crippen LogP contribution is 2.38. The molecule has 0 saturated carbocycles. The number of nitrogens with zero attached hydrogens (tertiary/aromatic N) is 2. The van der Waals surface area contributed by atoms with Crippen molar-refractivity contribution in [3.05, 3.63) is 87.1 Å². The van der Waals surface area contributed by atoms with Gasteiger partial charge in [0.2, 0.25) is 0 Å². The lowest BCUT2D eigenvalue weighted by atomic mass is 10.1. The van der Waals surface area contributed by atoms with Crippen LogP contribution >= 0.6 is 35.8 Å². The first-order valence-corrected chi connectivity index (χ1v) is 9.73. The monoisotopic (exact) mass is 441 g/mol. The van der Waals surface area contributed by atoms with Crippen molar-refractivity contribution in [2.24, 2.45) is 0 Å². The average molecular weight is 442 g/mol. The first-order chi connectivity index (χ1) is 14.0. The van der Waals surface area contributed by atoms with Gasteiger partial charge in [-0.2, -0.15) is 5.26 Å². The van der Waals surface area contributed by atoms with Gasteiger partial charge in [-0.25, -0.2) is 0 Å². The fourth-order valence-electron chi connectivity index (χ4n) is 3.07. The van der Waals surface area contributed by atoms with Crippen LogP contribution in [-0.2, 0) is 4.79 Å². The van der Waals surface area contributed by atoms with E-state index >= 15 is 0 Å². The number of halogens is 2. The van der Waals surface area contributed by atoms with Gasteiger partial charge in [0, 0.05) is 21.3 Å². The highest BCUT2D eigenvalue weighted by Gasteiger charge is 2.35. The minimum Gasteiger partial charge on any atom is -0.457 e. The fourth-order valence-corrected chi connectivity index (χ4v) is 3.77. The standard InChI is InChI=1S/C21H13Cl2N3O2S/c22-13-4-6-15(7-5-13)26-19(25-20(27)16(11-24)21(26)29)18-9-8-17(28-18)12-2-1-3-14(23)10-12/h1-10,19,29H,(H,25,27). The Kier molecular flexibility index (Phi) is 5.29. The summed E-state index contributed by atoms with van der Waals surface area (Å²) in [5.41, 5.74) is 1.42. The number of rotatable bonds is 3. The van der Waals surface area contributed by atoms with Crippen LogP contribution in [0.5, 0.6) is 0 Å². The summed E-state index contributed by atoms with van der Waals surface area (Å²) in [5, 5.41) is 13.6. The molecule has 1 amide bonds. The van der Waals surface area contributed by atoms with Crippen molar-refractivity contribution in [2.75, 3.05) is 4.90 Å². The molecular formula is C21H13Cl2N3O2S. The largest absolute Gasteiger partial charge is 0.457 e. The SMILES string of the molecule is N#CC1=C(S)N(c2ccc(Cl)cc2)C(c2ccc(-c3cccc(Cl)c3)o2)NC1=O. The van der Waals surface area contributed by atoms with Crippen molar-refractivity contribution in [3.63, 3.8) is 0 Å². The molecular weight excluding hydrogens is 429 g/mol. The Morgan fingerprint density at radius 2 is 1.83 bits per heavy atom. The van der Waals surface area contributed by atoms with Crippen molar-refractivity contribution in [1.29, 1.82) is 5.26 Å². The maximum Gasteiger partial charge on any atom is 0.266 e. The molecule has 1 aliphatic heterocycles. The molecule has 2 aromatic carbocycles. The summed E-state index contributed by atoms with van der Waals surface area (Å²) in [6.45, 7) is 0. The van der Waals surface area contributed by atoms with E-state index in [9.17, 15) is 10.1 Å². The molecule has 1 unspecified atom stereocenters. The van der Waals surface area contributed by atoms with Gasteiger partial charge in [-0.05, 0) is 48.5 Å². The molecule has 29 heavy (non-hydrogen) atoms. The lowest BCUT2D eigenvalue weighted by molar-refractivity contribution is -0.118. The number of hydrogen-bond acceptors (Lipinski definition) is 5. The molecule has 0 spiro atoms. The minimum absolute atomic E-state index is 0.0823. The number of carbonyl (C=O) groups is 1. The second-order valence-electron chi connectivity index (χ2n) is 6.25. The Bertz CT molecular complexity index is 1170. The van der Waals surface area contributed by atoms with Gasteiger partial charge in [0.1, 0.15) is 23.2 Å². The fraction of sp³-hybridized carbons (Fsp3) is 0.0476. The second kappa shape index (κ2) is 7.88. The van der Waals surface area contributed by atoms with E-state index in [2.05, 4.69) is 17.9 Å². The third-order valence-electron chi connectivity index (χ3n) is 4.43. The normalized spacial score (nSPS) is 16.6. The molecule has 8 heteroatoms. The van der Waals surface area contributed by atoms with Gasteiger partial charge in [0.05, 0.1) is 5.03 Å². The summed E-state index contributed by atoms with van der Waals surface area (Å²) in [6, 6.07) is 19.7. The van der Waals surface area contributed by atoms with Gasteiger partial charge in [-0.1, -0.05) is 35.3 Å². The molecule has 0 radical (unpaired) electrons. The predicted molar refractivity (Wildman–Crippen MR) is 116 cm³/mol. The zero-order valence-electron chi connectivity index (χ0n) is 14.8. The smallest absolute Gasteiger partial charge is 0.266 e. The molecule has 1 aliphatic rings. The third kappa shape index (κ3) is 3.73. The molecule has 3 aromatic rings. The number of anilines is 1. The number of furan rings is 1. The number of amides is 1. The van der Waals surface area contributed by atoms with Gasteiger partial charge in [-0.3, -0.25) is 4.79 Å². The highest BCUT2D eigenvalue weighted by molar-refractivity contribution is 7.84. The van der Waals surface area contributed by atoms with E-state index in [1.807, 2.05) is 18.2 Å². The summed E-state index contributed by atoms with van der Waals surface area (Å²) in [6.07, 6.45) is -0.693. The third-order valence-corrected chi connectivity index (χ3v) is 5.35. The van der Waals surface area contributed by atoms with E-state index in [4.69, 9.17) is 27.6 Å². The van der Waals surface area contributed by atoms with Crippen LogP contribution in [0.1, 0.15) is 11.9 Å². The molecule has 2 heterocycles. The van der Waals surface area contributed by atoms with Crippen LogP contribution in [0.4, 0.5) is 5.69 Å². The Morgan fingerprint density at radius 1 is 1.07 bits per heavy atom. The van der Waals surface area contributed by atoms with Crippen LogP contribution in [0.25, 0.3) is 11.3 Å². The van der Waals surface area contributed by atoms with E-state index in [-0.39, 0.29) is 10.6 Å². The number of nitrogens with one attached hydrogen (secondary N) is 1. The van der Waals surface area contributed by atoms with E-state index in [1.54, 1.807) is 53.4 Å². The van der Waals surface area contributed by atoms with E-state index in [0.29, 0.717) is 27.3 Å². The summed E-state index contributed by atoms with van der Waals surface area (Å²) in [7, 11) is 0. The first-order valence-electron chi connectivity index (χ1n) is 8.52. The van der Waals surface area contributed by atoms with E-state index < -0.39 is 12.1 Å². The van der Waals surface area contributed by atoms with Gasteiger partial charge in [0.25, 0.3) is 5.91 Å². The number of thiol groups is 1. The van der Waals surface area contributed by atoms with Crippen LogP contribution in [0.2, 0.25) is 10.0 Å². The Morgan fingerprint density at radius 3 is 2.52 bits per heavy atom. The summed E-state index contributed by atoms with van der Waals surface area (Å²) in [4.78, 5) is 14.1. The molecule has 0 fully saturated rings. The topological polar surface area (TPSA) is 69.3 Å². The Hall–Kier alpha value is -2.85. The number of carbonyl (C=O) groups excluding carboxylic acids is 1. The van der Waals surface area contributed by atoms with Crippen LogP contribution in [0.15, 0.2) is 75.7 Å². The second-order valence-corrected chi connectivity index (χ2v) is 7.54. The van der Waals surface area contributed by atoms with E-state index in [1.165, 1.54) is 0 Å². The van der Waals surface area contributed by atoms with Crippen LogP contribution in [-0.4, -0.2) is 5.91 Å².